The third kappa shape index (κ3) is 2.19. The molecule has 1 fully saturated rings. The fraction of sp³-hybridized carbons (Fsp3) is 0.588. The van der Waals surface area contributed by atoms with Crippen molar-refractivity contribution < 1.29 is 15.0 Å². The van der Waals surface area contributed by atoms with Gasteiger partial charge in [0.25, 0.3) is 0 Å². The molecule has 3 heteroatoms. The average molecular weight is 276 g/mol. The quantitative estimate of drug-likeness (QED) is 0.874. The maximum atomic E-state index is 11.9. The first kappa shape index (κ1) is 14.9. The minimum atomic E-state index is -0.894. The van der Waals surface area contributed by atoms with Gasteiger partial charge in [0.1, 0.15) is 5.75 Å². The Labute approximate surface area is 120 Å². The van der Waals surface area contributed by atoms with Crippen molar-refractivity contribution in [1.29, 1.82) is 0 Å². The van der Waals surface area contributed by atoms with Crippen LogP contribution in [0.2, 0.25) is 0 Å². The molecule has 110 valence electrons. The molecule has 20 heavy (non-hydrogen) atoms. The van der Waals surface area contributed by atoms with Crippen molar-refractivity contribution >= 4 is 5.97 Å². The molecule has 0 aliphatic heterocycles. The highest BCUT2D eigenvalue weighted by Gasteiger charge is 2.46. The molecule has 0 heterocycles. The number of phenols is 1. The van der Waals surface area contributed by atoms with Crippen LogP contribution >= 0.6 is 0 Å². The second-order valence-electron chi connectivity index (χ2n) is 6.14. The van der Waals surface area contributed by atoms with Gasteiger partial charge < -0.3 is 10.2 Å². The van der Waals surface area contributed by atoms with Crippen LogP contribution in [0.1, 0.15) is 69.1 Å². The molecule has 0 unspecified atom stereocenters. The summed E-state index contributed by atoms with van der Waals surface area (Å²) in [5, 5.41) is 20.4. The molecule has 2 N–H and O–H groups in total. The molecular weight excluding hydrogens is 252 g/mol. The second kappa shape index (κ2) is 5.47. The summed E-state index contributed by atoms with van der Waals surface area (Å²) in [6.45, 7) is 6.08. The first-order chi connectivity index (χ1) is 9.44. The number of carboxylic acid groups (broad SMARTS) is 1. The minimum Gasteiger partial charge on any atom is -0.507 e. The van der Waals surface area contributed by atoms with Crippen LogP contribution in [-0.2, 0) is 16.6 Å². The summed E-state index contributed by atoms with van der Waals surface area (Å²) in [4.78, 5) is 11.9. The van der Waals surface area contributed by atoms with Gasteiger partial charge in [0.2, 0.25) is 0 Å². The maximum Gasteiger partial charge on any atom is 0.314 e. The number of hydrogen-bond donors (Lipinski definition) is 2. The normalized spacial score (nSPS) is 17.6. The molecule has 0 atom stereocenters. The van der Waals surface area contributed by atoms with E-state index in [9.17, 15) is 15.0 Å². The van der Waals surface area contributed by atoms with Crippen LogP contribution in [0, 0.1) is 0 Å². The van der Waals surface area contributed by atoms with Gasteiger partial charge in [-0.25, -0.2) is 0 Å². The Morgan fingerprint density at radius 2 is 1.90 bits per heavy atom. The summed E-state index contributed by atoms with van der Waals surface area (Å²) in [5.74, 6) is -0.373. The molecule has 1 saturated carbocycles. The van der Waals surface area contributed by atoms with Gasteiger partial charge in [0.05, 0.1) is 5.41 Å². The van der Waals surface area contributed by atoms with Crippen molar-refractivity contribution in [2.75, 3.05) is 0 Å². The first-order valence-corrected chi connectivity index (χ1v) is 7.52. The molecule has 1 aromatic rings. The lowest BCUT2D eigenvalue weighted by Crippen LogP contribution is -2.34. The van der Waals surface area contributed by atoms with Crippen molar-refractivity contribution in [3.05, 3.63) is 28.8 Å². The molecule has 3 nitrogen and oxygen atoms in total. The summed E-state index contributed by atoms with van der Waals surface area (Å²) in [6.07, 6.45) is 3.80. The smallest absolute Gasteiger partial charge is 0.314 e. The number of phenolic OH excluding ortho intramolecular Hbond substituents is 1. The third-order valence-corrected chi connectivity index (χ3v) is 4.64. The summed E-state index contributed by atoms with van der Waals surface area (Å²) in [7, 11) is 0. The van der Waals surface area contributed by atoms with Gasteiger partial charge in [-0.3, -0.25) is 4.79 Å². The monoisotopic (exact) mass is 276 g/mol. The summed E-state index contributed by atoms with van der Waals surface area (Å²) >= 11 is 0. The minimum absolute atomic E-state index is 0.207. The molecule has 0 amide bonds. The number of aryl methyl sites for hydroxylation is 1. The Hall–Kier alpha value is -1.51. The number of aromatic hydroxyl groups is 1. The second-order valence-corrected chi connectivity index (χ2v) is 6.14. The Bertz CT molecular complexity index is 511. The van der Waals surface area contributed by atoms with Crippen molar-refractivity contribution in [2.45, 2.75) is 64.2 Å². The fourth-order valence-corrected chi connectivity index (χ4v) is 3.47. The number of rotatable bonds is 4. The molecule has 1 aromatic carbocycles. The number of benzene rings is 1. The lowest BCUT2D eigenvalue weighted by molar-refractivity contribution is -0.143. The van der Waals surface area contributed by atoms with E-state index in [1.165, 1.54) is 0 Å². The van der Waals surface area contributed by atoms with Gasteiger partial charge in [-0.15, -0.1) is 0 Å². The highest BCUT2D eigenvalue weighted by atomic mass is 16.4. The van der Waals surface area contributed by atoms with E-state index in [2.05, 4.69) is 0 Å². The van der Waals surface area contributed by atoms with Crippen molar-refractivity contribution in [3.8, 4) is 5.75 Å². The molecule has 1 aliphatic carbocycles. The van der Waals surface area contributed by atoms with Gasteiger partial charge in [-0.05, 0) is 36.3 Å². The third-order valence-electron chi connectivity index (χ3n) is 4.64. The molecule has 0 aromatic heterocycles. The summed E-state index contributed by atoms with van der Waals surface area (Å²) < 4.78 is 0. The molecule has 2 rings (SSSR count). The summed E-state index contributed by atoms with van der Waals surface area (Å²) in [5.41, 5.74) is 1.60. The Balaban J connectivity index is 2.72. The van der Waals surface area contributed by atoms with E-state index in [4.69, 9.17) is 0 Å². The van der Waals surface area contributed by atoms with Gasteiger partial charge in [0, 0.05) is 5.56 Å². The molecule has 0 radical (unpaired) electrons. The Kier molecular flexibility index (Phi) is 4.07. The average Bonchev–Trinajstić information content (AvgIpc) is 2.88. The SMILES string of the molecule is CCc1ccc(C(C)C)c(C2(C(=O)O)CCCC2)c1O. The van der Waals surface area contributed by atoms with Crippen LogP contribution in [0.3, 0.4) is 0 Å². The molecule has 1 aliphatic rings. The Morgan fingerprint density at radius 3 is 2.35 bits per heavy atom. The van der Waals surface area contributed by atoms with Gasteiger partial charge in [0.15, 0.2) is 0 Å². The van der Waals surface area contributed by atoms with E-state index in [1.54, 1.807) is 0 Å². The van der Waals surface area contributed by atoms with E-state index >= 15 is 0 Å². The molecule has 0 saturated heterocycles. The van der Waals surface area contributed by atoms with Crippen LogP contribution < -0.4 is 0 Å². The van der Waals surface area contributed by atoms with Crippen LogP contribution in [0.25, 0.3) is 0 Å². The number of carbonyl (C=O) groups is 1. The molecule has 0 spiro atoms. The largest absolute Gasteiger partial charge is 0.507 e. The van der Waals surface area contributed by atoms with Gasteiger partial charge in [-0.1, -0.05) is 45.7 Å². The molecule has 0 bridgehead atoms. The van der Waals surface area contributed by atoms with E-state index in [1.807, 2.05) is 32.9 Å². The first-order valence-electron chi connectivity index (χ1n) is 7.52. The maximum absolute atomic E-state index is 11.9. The van der Waals surface area contributed by atoms with Gasteiger partial charge in [-0.2, -0.15) is 0 Å². The molecular formula is C17H24O3. The zero-order valence-corrected chi connectivity index (χ0v) is 12.6. The summed E-state index contributed by atoms with van der Waals surface area (Å²) in [6, 6.07) is 3.93. The van der Waals surface area contributed by atoms with Crippen molar-refractivity contribution in [3.63, 3.8) is 0 Å². The van der Waals surface area contributed by atoms with E-state index < -0.39 is 11.4 Å². The van der Waals surface area contributed by atoms with E-state index in [0.717, 1.165) is 24.0 Å². The van der Waals surface area contributed by atoms with Crippen molar-refractivity contribution in [2.24, 2.45) is 0 Å². The van der Waals surface area contributed by atoms with Crippen LogP contribution in [0.4, 0.5) is 0 Å². The topological polar surface area (TPSA) is 57.5 Å². The number of hydrogen-bond acceptors (Lipinski definition) is 2. The van der Waals surface area contributed by atoms with Crippen LogP contribution in [0.5, 0.6) is 5.75 Å². The lowest BCUT2D eigenvalue weighted by atomic mass is 9.73. The van der Waals surface area contributed by atoms with Crippen LogP contribution in [0.15, 0.2) is 12.1 Å². The zero-order valence-electron chi connectivity index (χ0n) is 12.6. The number of carboxylic acids is 1. The predicted octanol–water partition coefficient (Wildman–Crippen LogP) is 3.97. The van der Waals surface area contributed by atoms with Gasteiger partial charge >= 0.3 is 5.97 Å². The highest BCUT2D eigenvalue weighted by Crippen LogP contribution is 2.48. The zero-order chi connectivity index (χ0) is 14.9. The predicted molar refractivity (Wildman–Crippen MR) is 79.4 cm³/mol. The van der Waals surface area contributed by atoms with E-state index in [-0.39, 0.29) is 11.7 Å². The van der Waals surface area contributed by atoms with Crippen LogP contribution in [-0.4, -0.2) is 16.2 Å². The fourth-order valence-electron chi connectivity index (χ4n) is 3.47. The Morgan fingerprint density at radius 1 is 1.30 bits per heavy atom. The number of aliphatic carboxylic acids is 1. The van der Waals surface area contributed by atoms with Crippen molar-refractivity contribution in [1.82, 2.24) is 0 Å². The highest BCUT2D eigenvalue weighted by molar-refractivity contribution is 5.84. The van der Waals surface area contributed by atoms with E-state index in [0.29, 0.717) is 24.8 Å². The standard InChI is InChI=1S/C17H24O3/c1-4-12-7-8-13(11(2)3)14(15(12)18)17(16(19)20)9-5-6-10-17/h7-8,11,18H,4-6,9-10H2,1-3H3,(H,19,20). The lowest BCUT2D eigenvalue weighted by Gasteiger charge is -2.30.